The molecule has 0 fully saturated rings. The van der Waals surface area contributed by atoms with Crippen molar-refractivity contribution in [3.8, 4) is 0 Å². The van der Waals surface area contributed by atoms with Crippen LogP contribution in [0.4, 0.5) is 11.6 Å². The van der Waals surface area contributed by atoms with Gasteiger partial charge in [-0.25, -0.2) is 9.97 Å². The van der Waals surface area contributed by atoms with E-state index in [1.807, 2.05) is 140 Å². The fraction of sp³-hybridized carbons (Fsp3) is 0.0400. The number of aromatic nitrogens is 2. The van der Waals surface area contributed by atoms with Gasteiger partial charge in [-0.3, -0.25) is 19.4 Å². The SMILES string of the molecule is O=C1C(=CC=C2N(C(c3ccccc3)c3ccccc3)c3nc4ccccc4nc3N2C(c2ccccc2)c2ccccc2)C(=O)c2cc3ccccc3cc21. The predicted molar refractivity (Wildman–Crippen MR) is 223 cm³/mol. The number of nitrogens with zero attached hydrogens (tertiary/aromatic N) is 4. The highest BCUT2D eigenvalue weighted by atomic mass is 16.2. The quantitative estimate of drug-likeness (QED) is 0.121. The van der Waals surface area contributed by atoms with Gasteiger partial charge in [0.1, 0.15) is 5.82 Å². The largest absolute Gasteiger partial charge is 0.297 e. The molecule has 0 atom stereocenters. The van der Waals surface area contributed by atoms with E-state index in [2.05, 4.69) is 58.3 Å². The van der Waals surface area contributed by atoms with Crippen molar-refractivity contribution >= 4 is 45.0 Å². The second kappa shape index (κ2) is 13.8. The Morgan fingerprint density at radius 1 is 0.411 bits per heavy atom. The molecule has 0 N–H and O–H groups in total. The van der Waals surface area contributed by atoms with E-state index in [-0.39, 0.29) is 29.2 Å². The molecule has 0 bridgehead atoms. The smallest absolute Gasteiger partial charge is 0.197 e. The van der Waals surface area contributed by atoms with Gasteiger partial charge < -0.3 is 0 Å². The van der Waals surface area contributed by atoms with Crippen molar-refractivity contribution < 1.29 is 9.59 Å². The lowest BCUT2D eigenvalue weighted by Crippen LogP contribution is -2.35. The number of allylic oxidation sites excluding steroid dienone is 3. The van der Waals surface area contributed by atoms with Crippen LogP contribution in [-0.2, 0) is 0 Å². The molecule has 2 heterocycles. The number of hydrogen-bond donors (Lipinski definition) is 0. The van der Waals surface area contributed by atoms with E-state index in [1.54, 1.807) is 6.08 Å². The lowest BCUT2D eigenvalue weighted by Gasteiger charge is -2.36. The zero-order valence-electron chi connectivity index (χ0n) is 30.2. The van der Waals surface area contributed by atoms with Crippen molar-refractivity contribution in [3.63, 3.8) is 0 Å². The van der Waals surface area contributed by atoms with Crippen molar-refractivity contribution in [2.45, 2.75) is 12.1 Å². The van der Waals surface area contributed by atoms with Gasteiger partial charge in [0.05, 0.1) is 28.7 Å². The molecule has 0 radical (unpaired) electrons. The minimum Gasteiger partial charge on any atom is -0.297 e. The normalized spacial score (nSPS) is 13.6. The highest BCUT2D eigenvalue weighted by Crippen LogP contribution is 2.51. The first-order chi connectivity index (χ1) is 27.6. The molecule has 7 aromatic carbocycles. The molecule has 1 aliphatic carbocycles. The number of fused-ring (bicyclic) bond motifs is 4. The van der Waals surface area contributed by atoms with E-state index in [0.29, 0.717) is 22.8 Å². The van der Waals surface area contributed by atoms with Crippen LogP contribution in [0.2, 0.25) is 0 Å². The molecule has 0 amide bonds. The minimum absolute atomic E-state index is 0.122. The molecular weight excluding hydrogens is 689 g/mol. The maximum Gasteiger partial charge on any atom is 0.197 e. The fourth-order valence-electron chi connectivity index (χ4n) is 8.15. The molecular formula is C50H34N4O2. The predicted octanol–water partition coefficient (Wildman–Crippen LogP) is 10.8. The molecule has 1 aromatic heterocycles. The van der Waals surface area contributed by atoms with E-state index in [0.717, 1.165) is 49.9 Å². The lowest BCUT2D eigenvalue weighted by molar-refractivity contribution is 0.0988. The van der Waals surface area contributed by atoms with E-state index in [1.165, 1.54) is 0 Å². The third-order valence-corrected chi connectivity index (χ3v) is 10.7. The zero-order valence-corrected chi connectivity index (χ0v) is 30.2. The number of anilines is 2. The number of Topliss-reactive ketones (excluding diaryl/α,β-unsaturated/α-hetero) is 2. The Morgan fingerprint density at radius 3 is 1.12 bits per heavy atom. The molecule has 6 nitrogen and oxygen atoms in total. The summed E-state index contributed by atoms with van der Waals surface area (Å²) in [6.07, 6.45) is 3.62. The van der Waals surface area contributed by atoms with Crippen LogP contribution >= 0.6 is 0 Å². The average Bonchev–Trinajstić information content (AvgIpc) is 3.67. The summed E-state index contributed by atoms with van der Waals surface area (Å²) in [5.41, 5.74) is 6.67. The molecule has 8 aromatic rings. The first kappa shape index (κ1) is 33.2. The van der Waals surface area contributed by atoms with Gasteiger partial charge in [0.2, 0.25) is 0 Å². The second-order valence-electron chi connectivity index (χ2n) is 14.1. The van der Waals surface area contributed by atoms with Crippen molar-refractivity contribution in [2.24, 2.45) is 0 Å². The molecule has 0 spiro atoms. The molecule has 10 rings (SSSR count). The van der Waals surface area contributed by atoms with Crippen molar-refractivity contribution in [3.05, 3.63) is 239 Å². The minimum atomic E-state index is -0.356. The summed E-state index contributed by atoms with van der Waals surface area (Å²) in [7, 11) is 0. The molecule has 2 aliphatic rings. The molecule has 0 saturated heterocycles. The maximum absolute atomic E-state index is 14.2. The molecule has 6 heteroatoms. The molecule has 1 aliphatic heterocycles. The number of hydrogen-bond acceptors (Lipinski definition) is 6. The van der Waals surface area contributed by atoms with Crippen LogP contribution in [0.25, 0.3) is 21.8 Å². The van der Waals surface area contributed by atoms with Crippen LogP contribution in [0.15, 0.2) is 206 Å². The Labute approximate surface area is 324 Å². The summed E-state index contributed by atoms with van der Waals surface area (Å²) in [5.74, 6) is 1.49. The van der Waals surface area contributed by atoms with Gasteiger partial charge in [-0.05, 0) is 69.4 Å². The van der Waals surface area contributed by atoms with E-state index < -0.39 is 0 Å². The number of carbonyl (C=O) groups excluding carboxylic acids is 2. The van der Waals surface area contributed by atoms with Gasteiger partial charge >= 0.3 is 0 Å². The van der Waals surface area contributed by atoms with Crippen LogP contribution in [0, 0.1) is 0 Å². The Bertz CT molecular complexity index is 2590. The summed E-state index contributed by atoms with van der Waals surface area (Å²) in [6, 6.07) is 60.2. The Hall–Kier alpha value is -7.44. The highest BCUT2D eigenvalue weighted by Gasteiger charge is 2.44. The Kier molecular flexibility index (Phi) is 8.15. The van der Waals surface area contributed by atoms with Crippen LogP contribution in [0.3, 0.4) is 0 Å². The highest BCUT2D eigenvalue weighted by molar-refractivity contribution is 6.40. The number of carbonyl (C=O) groups is 2. The number of para-hydroxylation sites is 2. The van der Waals surface area contributed by atoms with Gasteiger partial charge in [0.15, 0.2) is 23.2 Å². The number of benzene rings is 7. The number of rotatable bonds is 7. The third kappa shape index (κ3) is 5.58. The monoisotopic (exact) mass is 722 g/mol. The first-order valence-electron chi connectivity index (χ1n) is 18.7. The Morgan fingerprint density at radius 2 is 0.750 bits per heavy atom. The van der Waals surface area contributed by atoms with Crippen LogP contribution in [-0.4, -0.2) is 21.5 Å². The summed E-state index contributed by atoms with van der Waals surface area (Å²) in [5, 5.41) is 1.84. The average molecular weight is 723 g/mol. The zero-order chi connectivity index (χ0) is 37.6. The molecule has 266 valence electrons. The van der Waals surface area contributed by atoms with Gasteiger partial charge in [-0.1, -0.05) is 158 Å². The second-order valence-corrected chi connectivity index (χ2v) is 14.1. The Balaban J connectivity index is 1.26. The number of ketones is 2. The maximum atomic E-state index is 14.2. The molecule has 0 saturated carbocycles. The van der Waals surface area contributed by atoms with Gasteiger partial charge in [-0.15, -0.1) is 0 Å². The summed E-state index contributed by atoms with van der Waals surface area (Å²) in [4.78, 5) is 43.6. The molecule has 0 unspecified atom stereocenters. The van der Waals surface area contributed by atoms with Crippen molar-refractivity contribution in [1.82, 2.24) is 9.97 Å². The first-order valence-corrected chi connectivity index (χ1v) is 18.7. The van der Waals surface area contributed by atoms with Crippen molar-refractivity contribution in [2.75, 3.05) is 9.80 Å². The topological polar surface area (TPSA) is 66.4 Å². The van der Waals surface area contributed by atoms with E-state index in [4.69, 9.17) is 9.97 Å². The summed E-state index contributed by atoms with van der Waals surface area (Å²) in [6.45, 7) is 0. The summed E-state index contributed by atoms with van der Waals surface area (Å²) >= 11 is 0. The standard InChI is InChI=1S/C50H34N4O2/c55-47-39(48(56)41-32-38-26-14-13-25-37(38)31-40(41)47)29-30-44-53(45(33-17-5-1-6-18-33)34-19-7-2-8-20-34)49-50(52-43-28-16-15-27-42(43)51-49)54(44)46(35-21-9-3-10-22-35)36-23-11-4-12-24-36/h1-32,45-46H. The van der Waals surface area contributed by atoms with Crippen molar-refractivity contribution in [1.29, 1.82) is 0 Å². The fourth-order valence-corrected chi connectivity index (χ4v) is 8.15. The van der Waals surface area contributed by atoms with Gasteiger partial charge in [0, 0.05) is 11.1 Å². The molecule has 56 heavy (non-hydrogen) atoms. The van der Waals surface area contributed by atoms with Crippen LogP contribution in [0.5, 0.6) is 0 Å². The van der Waals surface area contributed by atoms with Crippen LogP contribution < -0.4 is 9.80 Å². The lowest BCUT2D eigenvalue weighted by atomic mass is 9.96. The van der Waals surface area contributed by atoms with Crippen LogP contribution in [0.1, 0.15) is 55.1 Å². The summed E-state index contributed by atoms with van der Waals surface area (Å²) < 4.78 is 0. The van der Waals surface area contributed by atoms with E-state index in [9.17, 15) is 9.59 Å². The van der Waals surface area contributed by atoms with Gasteiger partial charge in [-0.2, -0.15) is 0 Å². The van der Waals surface area contributed by atoms with Gasteiger partial charge in [0.25, 0.3) is 0 Å². The third-order valence-electron chi connectivity index (χ3n) is 10.7. The van der Waals surface area contributed by atoms with E-state index >= 15 is 0 Å².